The molecule has 8 nitrogen and oxygen atoms in total. The molecule has 0 fully saturated rings. The van der Waals surface area contributed by atoms with Gasteiger partial charge in [-0.25, -0.2) is 13.1 Å². The van der Waals surface area contributed by atoms with Crippen molar-refractivity contribution in [1.82, 2.24) is 14.3 Å². The van der Waals surface area contributed by atoms with E-state index in [1.807, 2.05) is 6.92 Å². The van der Waals surface area contributed by atoms with Crippen molar-refractivity contribution in [3.05, 3.63) is 34.8 Å². The Morgan fingerprint density at radius 1 is 1.38 bits per heavy atom. The minimum Gasteiger partial charge on any atom is -0.329 e. The van der Waals surface area contributed by atoms with Crippen molar-refractivity contribution < 1.29 is 13.2 Å². The number of hydrogen-bond acceptors (Lipinski definition) is 7. The van der Waals surface area contributed by atoms with Crippen LogP contribution in [0.3, 0.4) is 0 Å². The van der Waals surface area contributed by atoms with Gasteiger partial charge in [0.2, 0.25) is 10.0 Å². The van der Waals surface area contributed by atoms with E-state index >= 15 is 0 Å². The number of aryl methyl sites for hydroxylation is 1. The molecular weight excluding hydrogens is 374 g/mol. The minimum atomic E-state index is -3.65. The van der Waals surface area contributed by atoms with Crippen LogP contribution in [0.1, 0.15) is 22.3 Å². The quantitative estimate of drug-likeness (QED) is 0.646. The maximum atomic E-state index is 12.2. The molecule has 1 heterocycles. The van der Waals surface area contributed by atoms with Crippen molar-refractivity contribution in [1.29, 1.82) is 0 Å². The number of anilines is 1. The molecule has 24 heavy (non-hydrogen) atoms. The molecule has 0 aliphatic heterocycles. The van der Waals surface area contributed by atoms with Crippen molar-refractivity contribution in [3.63, 3.8) is 0 Å². The van der Waals surface area contributed by atoms with Gasteiger partial charge in [-0.05, 0) is 36.2 Å². The highest BCUT2D eigenvalue weighted by Crippen LogP contribution is 2.18. The average molecular weight is 392 g/mol. The lowest BCUT2D eigenvalue weighted by molar-refractivity contribution is 0.102. The first-order valence-corrected chi connectivity index (χ1v) is 9.16. The molecule has 0 atom stereocenters. The van der Waals surface area contributed by atoms with E-state index in [1.54, 1.807) is 12.1 Å². The number of rotatable bonds is 7. The van der Waals surface area contributed by atoms with Crippen LogP contribution in [-0.4, -0.2) is 37.0 Å². The number of sulfonamides is 1. The fourth-order valence-corrected chi connectivity index (χ4v) is 3.56. The third-order valence-electron chi connectivity index (χ3n) is 2.94. The first-order valence-electron chi connectivity index (χ1n) is 6.90. The summed E-state index contributed by atoms with van der Waals surface area (Å²) in [4.78, 5) is 12.7. The molecule has 0 saturated carbocycles. The number of hydrogen-bond donors (Lipinski definition) is 3. The van der Waals surface area contributed by atoms with Gasteiger partial charge in [-0.2, -0.15) is 0 Å². The lowest BCUT2D eigenvalue weighted by Crippen LogP contribution is -2.29. The summed E-state index contributed by atoms with van der Waals surface area (Å²) in [6.45, 7) is 2.23. The SMILES string of the molecule is CCc1nnsc1C(=O)Nc1cccc(S(=O)(=O)NCCN)c1.Cl. The van der Waals surface area contributed by atoms with Gasteiger partial charge < -0.3 is 11.1 Å². The van der Waals surface area contributed by atoms with E-state index in [0.29, 0.717) is 22.7 Å². The zero-order valence-corrected chi connectivity index (χ0v) is 15.3. The van der Waals surface area contributed by atoms with Crippen molar-refractivity contribution in [2.45, 2.75) is 18.2 Å². The summed E-state index contributed by atoms with van der Waals surface area (Å²) in [5, 5.41) is 6.54. The maximum absolute atomic E-state index is 12.2. The maximum Gasteiger partial charge on any atom is 0.269 e. The van der Waals surface area contributed by atoms with E-state index in [-0.39, 0.29) is 36.3 Å². The fourth-order valence-electron chi connectivity index (χ4n) is 1.82. The second-order valence-electron chi connectivity index (χ2n) is 4.57. The number of nitrogens with one attached hydrogen (secondary N) is 2. The highest BCUT2D eigenvalue weighted by Gasteiger charge is 2.17. The number of nitrogens with zero attached hydrogens (tertiary/aromatic N) is 2. The topological polar surface area (TPSA) is 127 Å². The Hall–Kier alpha value is -1.59. The highest BCUT2D eigenvalue weighted by atomic mass is 35.5. The molecular formula is C13H18ClN5O3S2. The van der Waals surface area contributed by atoms with Gasteiger partial charge in [0.25, 0.3) is 5.91 Å². The van der Waals surface area contributed by atoms with Gasteiger partial charge in [-0.15, -0.1) is 17.5 Å². The number of aromatic nitrogens is 2. The van der Waals surface area contributed by atoms with Gasteiger partial charge in [0.1, 0.15) is 4.88 Å². The lowest BCUT2D eigenvalue weighted by atomic mass is 10.2. The van der Waals surface area contributed by atoms with Gasteiger partial charge in [0.05, 0.1) is 10.6 Å². The molecule has 0 aliphatic rings. The third-order valence-corrected chi connectivity index (χ3v) is 5.16. The molecule has 0 saturated heterocycles. The fraction of sp³-hybridized carbons (Fsp3) is 0.308. The molecule has 1 amide bonds. The monoisotopic (exact) mass is 391 g/mol. The molecule has 0 spiro atoms. The Balaban J connectivity index is 0.00000288. The van der Waals surface area contributed by atoms with Gasteiger partial charge >= 0.3 is 0 Å². The van der Waals surface area contributed by atoms with Crippen LogP contribution < -0.4 is 15.8 Å². The van der Waals surface area contributed by atoms with Crippen LogP contribution in [0.2, 0.25) is 0 Å². The molecule has 2 rings (SSSR count). The van der Waals surface area contributed by atoms with E-state index in [4.69, 9.17) is 5.73 Å². The molecule has 1 aromatic heterocycles. The Bertz CT molecular complexity index is 794. The standard InChI is InChI=1S/C13H17N5O3S2.ClH/c1-2-11-12(22-18-17-11)13(19)16-9-4-3-5-10(8-9)23(20,21)15-7-6-14;/h3-5,8,15H,2,6-7,14H2,1H3,(H,16,19);1H. The zero-order chi connectivity index (χ0) is 16.9. The van der Waals surface area contributed by atoms with E-state index < -0.39 is 10.0 Å². The number of carbonyl (C=O) groups excluding carboxylic acids is 1. The Morgan fingerprint density at radius 2 is 2.12 bits per heavy atom. The number of nitrogens with two attached hydrogens (primary N) is 1. The zero-order valence-electron chi connectivity index (χ0n) is 12.9. The number of carbonyl (C=O) groups is 1. The molecule has 11 heteroatoms. The van der Waals surface area contributed by atoms with Crippen LogP contribution in [0.15, 0.2) is 29.2 Å². The second kappa shape index (κ2) is 9.04. The van der Waals surface area contributed by atoms with E-state index in [2.05, 4.69) is 19.6 Å². The Kier molecular flexibility index (Phi) is 7.70. The summed E-state index contributed by atoms with van der Waals surface area (Å²) in [7, 11) is -3.65. The number of amides is 1. The average Bonchev–Trinajstić information content (AvgIpc) is 3.02. The Labute approximate surface area is 150 Å². The first-order chi connectivity index (χ1) is 11.0. The summed E-state index contributed by atoms with van der Waals surface area (Å²) in [5.41, 5.74) is 6.28. The molecule has 1 aromatic carbocycles. The predicted octanol–water partition coefficient (Wildman–Crippen LogP) is 1.01. The summed E-state index contributed by atoms with van der Waals surface area (Å²) < 4.78 is 30.2. The summed E-state index contributed by atoms with van der Waals surface area (Å²) >= 11 is 1.00. The van der Waals surface area contributed by atoms with Gasteiger partial charge in [-0.1, -0.05) is 17.5 Å². The molecule has 4 N–H and O–H groups in total. The van der Waals surface area contributed by atoms with Crippen molar-refractivity contribution in [3.8, 4) is 0 Å². The molecule has 132 valence electrons. The second-order valence-corrected chi connectivity index (χ2v) is 7.09. The van der Waals surface area contributed by atoms with Crippen LogP contribution in [0.5, 0.6) is 0 Å². The molecule has 2 aromatic rings. The molecule has 0 aliphatic carbocycles. The van der Waals surface area contributed by atoms with Crippen LogP contribution >= 0.6 is 23.9 Å². The minimum absolute atomic E-state index is 0. The largest absolute Gasteiger partial charge is 0.329 e. The number of halogens is 1. The van der Waals surface area contributed by atoms with E-state index in [9.17, 15) is 13.2 Å². The summed E-state index contributed by atoms with van der Waals surface area (Å²) in [6.07, 6.45) is 0.594. The van der Waals surface area contributed by atoms with Crippen LogP contribution in [0.25, 0.3) is 0 Å². The number of benzene rings is 1. The van der Waals surface area contributed by atoms with Gasteiger partial charge in [-0.3, -0.25) is 4.79 Å². The summed E-state index contributed by atoms with van der Waals surface area (Å²) in [5.74, 6) is -0.360. The normalized spacial score (nSPS) is 10.9. The van der Waals surface area contributed by atoms with Gasteiger partial charge in [0.15, 0.2) is 0 Å². The van der Waals surface area contributed by atoms with Crippen molar-refractivity contribution in [2.75, 3.05) is 18.4 Å². The van der Waals surface area contributed by atoms with Crippen LogP contribution in [-0.2, 0) is 16.4 Å². The smallest absolute Gasteiger partial charge is 0.269 e. The van der Waals surface area contributed by atoms with Gasteiger partial charge in [0, 0.05) is 18.8 Å². The predicted molar refractivity (Wildman–Crippen MR) is 95.2 cm³/mol. The molecule has 0 bridgehead atoms. The van der Waals surface area contributed by atoms with E-state index in [0.717, 1.165) is 11.5 Å². The van der Waals surface area contributed by atoms with Crippen LogP contribution in [0, 0.1) is 0 Å². The van der Waals surface area contributed by atoms with E-state index in [1.165, 1.54) is 12.1 Å². The van der Waals surface area contributed by atoms with Crippen LogP contribution in [0.4, 0.5) is 5.69 Å². The third kappa shape index (κ3) is 4.95. The highest BCUT2D eigenvalue weighted by molar-refractivity contribution is 7.89. The first kappa shape index (κ1) is 20.5. The van der Waals surface area contributed by atoms with Crippen molar-refractivity contribution in [2.24, 2.45) is 5.73 Å². The molecule has 0 radical (unpaired) electrons. The lowest BCUT2D eigenvalue weighted by Gasteiger charge is -2.08. The Morgan fingerprint density at radius 3 is 2.79 bits per heavy atom. The van der Waals surface area contributed by atoms with Crippen molar-refractivity contribution >= 4 is 45.6 Å². The molecule has 0 unspecified atom stereocenters. The summed E-state index contributed by atoms with van der Waals surface area (Å²) in [6, 6.07) is 6.00.